The lowest BCUT2D eigenvalue weighted by Crippen LogP contribution is -1.95. The van der Waals surface area contributed by atoms with Crippen molar-refractivity contribution < 1.29 is 9.53 Å². The zero-order valence-corrected chi connectivity index (χ0v) is 7.76. The van der Waals surface area contributed by atoms with Crippen molar-refractivity contribution >= 4 is 29.2 Å². The van der Waals surface area contributed by atoms with Crippen LogP contribution in [0.4, 0.5) is 0 Å². The molecule has 0 aliphatic rings. The quantitative estimate of drug-likeness (QED) is 0.514. The van der Waals surface area contributed by atoms with Gasteiger partial charge in [-0.2, -0.15) is 14.8 Å². The molecule has 0 aliphatic carbocycles. The minimum Gasteiger partial charge on any atom is -0.407 e. The molecule has 0 fully saturated rings. The van der Waals surface area contributed by atoms with E-state index in [0.717, 1.165) is 0 Å². The van der Waals surface area contributed by atoms with Gasteiger partial charge in [-0.25, -0.2) is 0 Å². The molecular weight excluding hydrogens is 210 g/mol. The van der Waals surface area contributed by atoms with Crippen LogP contribution in [0.5, 0.6) is 5.88 Å². The normalized spacial score (nSPS) is 10.4. The van der Waals surface area contributed by atoms with E-state index in [9.17, 15) is 4.79 Å². The molecular formula is C6H4ClN5O2. The molecule has 0 amide bonds. The van der Waals surface area contributed by atoms with Crippen LogP contribution in [0.3, 0.4) is 0 Å². The van der Waals surface area contributed by atoms with Gasteiger partial charge in [0.1, 0.15) is 0 Å². The van der Waals surface area contributed by atoms with E-state index in [2.05, 4.69) is 24.9 Å². The van der Waals surface area contributed by atoms with Crippen LogP contribution in [0, 0.1) is 0 Å². The second-order valence-corrected chi connectivity index (χ2v) is 2.71. The highest BCUT2D eigenvalue weighted by molar-refractivity contribution is 6.28. The largest absolute Gasteiger partial charge is 0.407 e. The van der Waals surface area contributed by atoms with E-state index in [1.54, 1.807) is 7.05 Å². The molecule has 0 saturated carbocycles. The summed E-state index contributed by atoms with van der Waals surface area (Å²) in [5, 5.41) is 7.76. The Bertz CT molecular complexity index is 496. The van der Waals surface area contributed by atoms with E-state index in [4.69, 9.17) is 11.6 Å². The second-order valence-electron chi connectivity index (χ2n) is 2.37. The van der Waals surface area contributed by atoms with Crippen molar-refractivity contribution in [2.45, 2.75) is 0 Å². The fraction of sp³-hybridized carbons (Fsp3) is 0.167. The molecule has 2 heterocycles. The Balaban J connectivity index is 2.72. The number of aryl methyl sites for hydroxylation is 1. The molecule has 0 N–H and O–H groups in total. The van der Waals surface area contributed by atoms with Crippen molar-refractivity contribution in [3.63, 3.8) is 0 Å². The van der Waals surface area contributed by atoms with Crippen LogP contribution in [-0.4, -0.2) is 31.4 Å². The van der Waals surface area contributed by atoms with Gasteiger partial charge in [0.25, 0.3) is 12.4 Å². The molecule has 0 atom stereocenters. The lowest BCUT2D eigenvalue weighted by Gasteiger charge is -1.95. The number of carbonyl (C=O) groups is 1. The maximum absolute atomic E-state index is 10.2. The van der Waals surface area contributed by atoms with E-state index >= 15 is 0 Å². The van der Waals surface area contributed by atoms with Gasteiger partial charge in [-0.3, -0.25) is 4.79 Å². The van der Waals surface area contributed by atoms with Gasteiger partial charge in [0, 0.05) is 7.05 Å². The van der Waals surface area contributed by atoms with E-state index in [-0.39, 0.29) is 23.3 Å². The number of carbonyl (C=O) groups excluding carboxylic acids is 1. The molecule has 8 heteroatoms. The predicted octanol–water partition coefficient (Wildman–Crippen LogP) is -0.0531. The summed E-state index contributed by atoms with van der Waals surface area (Å²) in [4.78, 5) is 18.9. The molecule has 2 aromatic rings. The Morgan fingerprint density at radius 1 is 1.43 bits per heavy atom. The molecule has 0 bridgehead atoms. The maximum Gasteiger partial charge on any atom is 0.299 e. The van der Waals surface area contributed by atoms with Gasteiger partial charge >= 0.3 is 0 Å². The molecule has 0 saturated heterocycles. The van der Waals surface area contributed by atoms with Gasteiger partial charge in [0.2, 0.25) is 10.9 Å². The topological polar surface area (TPSA) is 82.8 Å². The van der Waals surface area contributed by atoms with Crippen molar-refractivity contribution in [2.75, 3.05) is 0 Å². The Morgan fingerprint density at radius 2 is 2.21 bits per heavy atom. The van der Waals surface area contributed by atoms with Gasteiger partial charge in [-0.1, -0.05) is 0 Å². The van der Waals surface area contributed by atoms with Crippen LogP contribution in [-0.2, 0) is 11.8 Å². The van der Waals surface area contributed by atoms with E-state index in [0.29, 0.717) is 5.52 Å². The van der Waals surface area contributed by atoms with Gasteiger partial charge in [0.15, 0.2) is 5.52 Å². The zero-order valence-electron chi connectivity index (χ0n) is 7.01. The third-order valence-corrected chi connectivity index (χ3v) is 1.62. The third kappa shape index (κ3) is 1.37. The lowest BCUT2D eigenvalue weighted by atomic mass is 10.5. The SMILES string of the molecule is Cn1nc2nc(Cl)nc(OC=O)c2n1. The summed E-state index contributed by atoms with van der Waals surface area (Å²) in [5.74, 6) is 0.00287. The van der Waals surface area contributed by atoms with E-state index < -0.39 is 0 Å². The standard InChI is InChI=1S/C6H4ClN5O2/c1-12-10-3-4(11-12)8-6(7)9-5(3)14-2-13/h2H,1H3. The van der Waals surface area contributed by atoms with Crippen LogP contribution < -0.4 is 4.74 Å². The number of nitrogens with zero attached hydrogens (tertiary/aromatic N) is 5. The Morgan fingerprint density at radius 3 is 2.93 bits per heavy atom. The van der Waals surface area contributed by atoms with Gasteiger partial charge in [0.05, 0.1) is 0 Å². The summed E-state index contributed by atoms with van der Waals surface area (Å²) in [7, 11) is 1.61. The highest BCUT2D eigenvalue weighted by Gasteiger charge is 2.12. The molecule has 0 spiro atoms. The first-order chi connectivity index (χ1) is 6.70. The fourth-order valence-electron chi connectivity index (χ4n) is 0.987. The average Bonchev–Trinajstić information content (AvgIpc) is 2.45. The molecule has 0 unspecified atom stereocenters. The first kappa shape index (κ1) is 8.82. The van der Waals surface area contributed by atoms with Crippen molar-refractivity contribution in [2.24, 2.45) is 7.05 Å². The Labute approximate surface area is 82.7 Å². The first-order valence-corrected chi connectivity index (χ1v) is 3.93. The van der Waals surface area contributed by atoms with Crippen molar-refractivity contribution in [1.29, 1.82) is 0 Å². The molecule has 0 aromatic carbocycles. The van der Waals surface area contributed by atoms with Crippen molar-refractivity contribution in [3.05, 3.63) is 5.28 Å². The summed E-state index contributed by atoms with van der Waals surface area (Å²) in [6.45, 7) is 0.243. The van der Waals surface area contributed by atoms with Gasteiger partial charge in [-0.05, 0) is 11.6 Å². The summed E-state index contributed by atoms with van der Waals surface area (Å²) >= 11 is 5.57. The third-order valence-electron chi connectivity index (χ3n) is 1.45. The number of fused-ring (bicyclic) bond motifs is 1. The number of halogens is 1. The number of hydrogen-bond donors (Lipinski definition) is 0. The number of rotatable bonds is 2. The van der Waals surface area contributed by atoms with Crippen LogP contribution in [0.25, 0.3) is 11.2 Å². The van der Waals surface area contributed by atoms with Gasteiger partial charge in [-0.15, -0.1) is 10.2 Å². The summed E-state index contributed by atoms with van der Waals surface area (Å²) < 4.78 is 4.58. The van der Waals surface area contributed by atoms with Crippen LogP contribution in [0.1, 0.15) is 0 Å². The monoisotopic (exact) mass is 213 g/mol. The predicted molar refractivity (Wildman–Crippen MR) is 45.8 cm³/mol. The highest BCUT2D eigenvalue weighted by Crippen LogP contribution is 2.19. The molecule has 7 nitrogen and oxygen atoms in total. The van der Waals surface area contributed by atoms with E-state index in [1.807, 2.05) is 0 Å². The Kier molecular flexibility index (Phi) is 2.01. The molecule has 0 aliphatic heterocycles. The zero-order chi connectivity index (χ0) is 10.1. The smallest absolute Gasteiger partial charge is 0.299 e. The summed E-state index contributed by atoms with van der Waals surface area (Å²) in [5.41, 5.74) is 0.577. The number of aromatic nitrogens is 5. The van der Waals surface area contributed by atoms with Crippen molar-refractivity contribution in [1.82, 2.24) is 25.0 Å². The second kappa shape index (κ2) is 3.18. The molecule has 0 radical (unpaired) electrons. The number of hydrogen-bond acceptors (Lipinski definition) is 6. The minimum atomic E-state index is -0.0464. The summed E-state index contributed by atoms with van der Waals surface area (Å²) in [6.07, 6.45) is 0. The summed E-state index contributed by atoms with van der Waals surface area (Å²) in [6, 6.07) is 0. The minimum absolute atomic E-state index is 0.00287. The van der Waals surface area contributed by atoms with Gasteiger partial charge < -0.3 is 4.74 Å². The van der Waals surface area contributed by atoms with Crippen LogP contribution in [0.15, 0.2) is 0 Å². The Hall–Kier alpha value is -1.76. The number of ether oxygens (including phenoxy) is 1. The molecule has 2 rings (SSSR count). The average molecular weight is 214 g/mol. The van der Waals surface area contributed by atoms with E-state index in [1.165, 1.54) is 4.80 Å². The van der Waals surface area contributed by atoms with Crippen molar-refractivity contribution in [3.8, 4) is 5.88 Å². The first-order valence-electron chi connectivity index (χ1n) is 3.55. The fourth-order valence-corrected chi connectivity index (χ4v) is 1.14. The van der Waals surface area contributed by atoms with Crippen LogP contribution >= 0.6 is 11.6 Å². The highest BCUT2D eigenvalue weighted by atomic mass is 35.5. The van der Waals surface area contributed by atoms with Crippen LogP contribution in [0.2, 0.25) is 5.28 Å². The maximum atomic E-state index is 10.2. The lowest BCUT2D eigenvalue weighted by molar-refractivity contribution is -0.120. The molecule has 14 heavy (non-hydrogen) atoms. The molecule has 2 aromatic heterocycles. The molecule has 72 valence electrons.